The number of anilines is 1. The molecule has 0 aliphatic carbocycles. The lowest BCUT2D eigenvalue weighted by molar-refractivity contribution is -0.125. The molecule has 2 amide bonds. The Morgan fingerprint density at radius 3 is 2.82 bits per heavy atom. The van der Waals surface area contributed by atoms with Crippen LogP contribution in [0.15, 0.2) is 53.9 Å². The first-order valence-corrected chi connectivity index (χ1v) is 9.78. The van der Waals surface area contributed by atoms with Crippen molar-refractivity contribution in [1.29, 1.82) is 0 Å². The SMILES string of the molecule is Cc1nc(-c2ccc3c(c2)N(CC(=O)NCc2ccccc2)C(=O)CO3)cs1. The highest BCUT2D eigenvalue weighted by atomic mass is 32.1. The molecule has 0 spiro atoms. The first-order chi connectivity index (χ1) is 13.6. The highest BCUT2D eigenvalue weighted by molar-refractivity contribution is 7.09. The number of ether oxygens (including phenoxy) is 1. The fourth-order valence-corrected chi connectivity index (χ4v) is 3.65. The molecule has 1 aliphatic heterocycles. The van der Waals surface area contributed by atoms with Crippen LogP contribution in [0.1, 0.15) is 10.6 Å². The van der Waals surface area contributed by atoms with Gasteiger partial charge < -0.3 is 10.1 Å². The highest BCUT2D eigenvalue weighted by Crippen LogP contribution is 2.36. The fourth-order valence-electron chi connectivity index (χ4n) is 3.03. The van der Waals surface area contributed by atoms with Gasteiger partial charge >= 0.3 is 0 Å². The summed E-state index contributed by atoms with van der Waals surface area (Å²) in [7, 11) is 0. The van der Waals surface area contributed by atoms with Crippen LogP contribution in [-0.4, -0.2) is 29.9 Å². The third kappa shape index (κ3) is 3.89. The number of thiazole rings is 1. The maximum absolute atomic E-state index is 12.4. The van der Waals surface area contributed by atoms with E-state index in [0.717, 1.165) is 21.8 Å². The van der Waals surface area contributed by atoms with E-state index >= 15 is 0 Å². The largest absolute Gasteiger partial charge is 0.482 e. The number of fused-ring (bicyclic) bond motifs is 1. The Hall–Kier alpha value is -3.19. The molecule has 1 aliphatic rings. The second kappa shape index (κ2) is 7.82. The predicted octanol–water partition coefficient (Wildman–Crippen LogP) is 3.16. The number of hydrogen-bond acceptors (Lipinski definition) is 5. The topological polar surface area (TPSA) is 71.5 Å². The molecule has 28 heavy (non-hydrogen) atoms. The first-order valence-electron chi connectivity index (χ1n) is 8.90. The molecule has 3 aromatic rings. The van der Waals surface area contributed by atoms with Crippen LogP contribution in [0.2, 0.25) is 0 Å². The Morgan fingerprint density at radius 2 is 2.07 bits per heavy atom. The van der Waals surface area contributed by atoms with Gasteiger partial charge in [0.15, 0.2) is 6.61 Å². The fraction of sp³-hybridized carbons (Fsp3) is 0.190. The maximum Gasteiger partial charge on any atom is 0.265 e. The van der Waals surface area contributed by atoms with Crippen molar-refractivity contribution in [2.24, 2.45) is 0 Å². The minimum absolute atomic E-state index is 0.0540. The van der Waals surface area contributed by atoms with Gasteiger partial charge in [-0.2, -0.15) is 0 Å². The summed E-state index contributed by atoms with van der Waals surface area (Å²) < 4.78 is 5.53. The third-order valence-electron chi connectivity index (χ3n) is 4.45. The molecule has 4 rings (SSSR count). The number of rotatable bonds is 5. The second-order valence-corrected chi connectivity index (χ2v) is 7.53. The van der Waals surface area contributed by atoms with Gasteiger partial charge in [0.05, 0.1) is 16.4 Å². The summed E-state index contributed by atoms with van der Waals surface area (Å²) >= 11 is 1.57. The smallest absolute Gasteiger partial charge is 0.265 e. The monoisotopic (exact) mass is 393 g/mol. The van der Waals surface area contributed by atoms with Crippen molar-refractivity contribution in [3.8, 4) is 17.0 Å². The molecule has 0 fully saturated rings. The number of benzene rings is 2. The number of nitrogens with zero attached hydrogens (tertiary/aromatic N) is 2. The molecule has 2 heterocycles. The van der Waals surface area contributed by atoms with Crippen LogP contribution < -0.4 is 15.0 Å². The summed E-state index contributed by atoms with van der Waals surface area (Å²) in [5.41, 5.74) is 3.33. The van der Waals surface area contributed by atoms with E-state index in [1.54, 1.807) is 11.3 Å². The van der Waals surface area contributed by atoms with Gasteiger partial charge in [0, 0.05) is 17.5 Å². The van der Waals surface area contributed by atoms with Crippen molar-refractivity contribution in [1.82, 2.24) is 10.3 Å². The lowest BCUT2D eigenvalue weighted by Crippen LogP contribution is -2.45. The molecule has 0 radical (unpaired) electrons. The van der Waals surface area contributed by atoms with Crippen LogP contribution in [0.3, 0.4) is 0 Å². The number of carbonyl (C=O) groups is 2. The quantitative estimate of drug-likeness (QED) is 0.723. The van der Waals surface area contributed by atoms with Gasteiger partial charge in [0.1, 0.15) is 12.3 Å². The lowest BCUT2D eigenvalue weighted by atomic mass is 10.1. The van der Waals surface area contributed by atoms with Crippen molar-refractivity contribution in [3.05, 3.63) is 64.5 Å². The average Bonchev–Trinajstić information content (AvgIpc) is 3.15. The van der Waals surface area contributed by atoms with Gasteiger partial charge in [-0.3, -0.25) is 14.5 Å². The summed E-state index contributed by atoms with van der Waals surface area (Å²) in [6.07, 6.45) is 0. The summed E-state index contributed by atoms with van der Waals surface area (Å²) in [4.78, 5) is 30.8. The zero-order valence-corrected chi connectivity index (χ0v) is 16.2. The molecule has 0 atom stereocenters. The van der Waals surface area contributed by atoms with E-state index in [-0.39, 0.29) is 25.0 Å². The van der Waals surface area contributed by atoms with Crippen LogP contribution in [-0.2, 0) is 16.1 Å². The normalized spacial score (nSPS) is 13.0. The zero-order valence-electron chi connectivity index (χ0n) is 15.3. The molecule has 6 nitrogen and oxygen atoms in total. The van der Waals surface area contributed by atoms with Gasteiger partial charge in [0.25, 0.3) is 5.91 Å². The van der Waals surface area contributed by atoms with Gasteiger partial charge in [-0.1, -0.05) is 30.3 Å². The van der Waals surface area contributed by atoms with Crippen LogP contribution in [0.25, 0.3) is 11.3 Å². The van der Waals surface area contributed by atoms with Crippen LogP contribution in [0, 0.1) is 6.92 Å². The summed E-state index contributed by atoms with van der Waals surface area (Å²) in [5.74, 6) is 0.125. The Balaban J connectivity index is 1.53. The van der Waals surface area contributed by atoms with E-state index in [4.69, 9.17) is 4.74 Å². The highest BCUT2D eigenvalue weighted by Gasteiger charge is 2.28. The Bertz CT molecular complexity index is 1020. The van der Waals surface area contributed by atoms with E-state index in [9.17, 15) is 9.59 Å². The first kappa shape index (κ1) is 18.2. The van der Waals surface area contributed by atoms with Crippen molar-refractivity contribution in [2.45, 2.75) is 13.5 Å². The molecule has 2 aromatic carbocycles. The van der Waals surface area contributed by atoms with E-state index in [0.29, 0.717) is 18.0 Å². The predicted molar refractivity (Wildman–Crippen MR) is 108 cm³/mol. The Labute approximate surface area is 166 Å². The summed E-state index contributed by atoms with van der Waals surface area (Å²) in [5, 5.41) is 5.80. The van der Waals surface area contributed by atoms with Crippen LogP contribution in [0.4, 0.5) is 5.69 Å². The molecule has 0 saturated heterocycles. The molecule has 142 valence electrons. The number of aromatic nitrogens is 1. The maximum atomic E-state index is 12.4. The van der Waals surface area contributed by atoms with Crippen LogP contribution in [0.5, 0.6) is 5.75 Å². The molecule has 7 heteroatoms. The molecule has 1 N–H and O–H groups in total. The van der Waals surface area contributed by atoms with Gasteiger partial charge in [-0.15, -0.1) is 11.3 Å². The summed E-state index contributed by atoms with van der Waals surface area (Å²) in [6.45, 7) is 2.24. The van der Waals surface area contributed by atoms with Crippen molar-refractivity contribution >= 4 is 28.8 Å². The van der Waals surface area contributed by atoms with E-state index in [2.05, 4.69) is 10.3 Å². The molecular formula is C21H19N3O3S. The van der Waals surface area contributed by atoms with Crippen LogP contribution >= 0.6 is 11.3 Å². The minimum Gasteiger partial charge on any atom is -0.482 e. The van der Waals surface area contributed by atoms with E-state index in [1.165, 1.54) is 4.90 Å². The molecule has 1 aromatic heterocycles. The van der Waals surface area contributed by atoms with Crippen molar-refractivity contribution < 1.29 is 14.3 Å². The lowest BCUT2D eigenvalue weighted by Gasteiger charge is -2.29. The number of nitrogens with one attached hydrogen (secondary N) is 1. The van der Waals surface area contributed by atoms with E-state index in [1.807, 2.05) is 60.8 Å². The Kier molecular flexibility index (Phi) is 5.08. The third-order valence-corrected chi connectivity index (χ3v) is 5.22. The number of hydrogen-bond donors (Lipinski definition) is 1. The zero-order chi connectivity index (χ0) is 19.5. The van der Waals surface area contributed by atoms with Crippen molar-refractivity contribution in [2.75, 3.05) is 18.1 Å². The number of aryl methyl sites for hydroxylation is 1. The number of carbonyl (C=O) groups excluding carboxylic acids is 2. The molecular weight excluding hydrogens is 374 g/mol. The minimum atomic E-state index is -0.242. The van der Waals surface area contributed by atoms with Gasteiger partial charge in [0.2, 0.25) is 5.91 Å². The Morgan fingerprint density at radius 1 is 1.25 bits per heavy atom. The number of amides is 2. The van der Waals surface area contributed by atoms with Crippen molar-refractivity contribution in [3.63, 3.8) is 0 Å². The second-order valence-electron chi connectivity index (χ2n) is 6.47. The standard InChI is InChI=1S/C21H19N3O3S/c1-14-23-17(13-28-14)16-7-8-19-18(9-16)24(21(26)12-27-19)11-20(25)22-10-15-5-3-2-4-6-15/h2-9,13H,10-12H2,1H3,(H,22,25). The van der Waals surface area contributed by atoms with Gasteiger partial charge in [-0.05, 0) is 30.7 Å². The molecule has 0 unspecified atom stereocenters. The molecule has 0 saturated carbocycles. The van der Waals surface area contributed by atoms with Gasteiger partial charge in [-0.25, -0.2) is 4.98 Å². The van der Waals surface area contributed by atoms with E-state index < -0.39 is 0 Å². The summed E-state index contributed by atoms with van der Waals surface area (Å²) in [6, 6.07) is 15.2. The average molecular weight is 393 g/mol. The molecule has 0 bridgehead atoms.